The first-order valence-corrected chi connectivity index (χ1v) is 11.0. The Hall–Kier alpha value is -2.57. The van der Waals surface area contributed by atoms with Gasteiger partial charge in [0.25, 0.3) is 0 Å². The van der Waals surface area contributed by atoms with Gasteiger partial charge < -0.3 is 5.32 Å². The zero-order valence-electron chi connectivity index (χ0n) is 17.0. The zero-order chi connectivity index (χ0) is 21.7. The van der Waals surface area contributed by atoms with Gasteiger partial charge in [0.1, 0.15) is 5.25 Å². The van der Waals surface area contributed by atoms with Crippen molar-refractivity contribution in [2.45, 2.75) is 31.9 Å². The third-order valence-corrected chi connectivity index (χ3v) is 6.39. The smallest absolute Gasteiger partial charge is 0.242 e. The van der Waals surface area contributed by atoms with Gasteiger partial charge >= 0.3 is 0 Å². The van der Waals surface area contributed by atoms with Crippen molar-refractivity contribution < 1.29 is 9.59 Å². The Kier molecular flexibility index (Phi) is 7.34. The van der Waals surface area contributed by atoms with Gasteiger partial charge in [0.15, 0.2) is 5.17 Å². The van der Waals surface area contributed by atoms with Gasteiger partial charge in [0.05, 0.1) is 5.69 Å². The molecule has 0 bridgehead atoms. The first-order valence-electron chi connectivity index (χ1n) is 9.74. The van der Waals surface area contributed by atoms with Gasteiger partial charge in [-0.1, -0.05) is 54.6 Å². The fourth-order valence-electron chi connectivity index (χ4n) is 3.05. The van der Waals surface area contributed by atoms with E-state index in [1.807, 2.05) is 43.3 Å². The van der Waals surface area contributed by atoms with Gasteiger partial charge in [-0.15, -0.1) is 6.58 Å². The van der Waals surface area contributed by atoms with Crippen LogP contribution in [-0.4, -0.2) is 33.7 Å². The van der Waals surface area contributed by atoms with Crippen molar-refractivity contribution in [1.82, 2.24) is 4.90 Å². The summed E-state index contributed by atoms with van der Waals surface area (Å²) in [7, 11) is 0. The lowest BCUT2D eigenvalue weighted by Crippen LogP contribution is -2.33. The number of thioether (sulfide) groups is 1. The molecule has 1 aliphatic heterocycles. The Morgan fingerprint density at radius 2 is 2.03 bits per heavy atom. The molecular formula is C23H24ClN3O2S. The Morgan fingerprint density at radius 1 is 1.30 bits per heavy atom. The summed E-state index contributed by atoms with van der Waals surface area (Å²) in [5, 5.41) is 3.51. The summed E-state index contributed by atoms with van der Waals surface area (Å²) in [5.74, 6) is -0.348. The van der Waals surface area contributed by atoms with Crippen LogP contribution in [0.25, 0.3) is 0 Å². The Balaban J connectivity index is 1.74. The molecule has 1 N–H and O–H groups in total. The van der Waals surface area contributed by atoms with E-state index in [1.54, 1.807) is 17.0 Å². The highest BCUT2D eigenvalue weighted by Gasteiger charge is 2.38. The van der Waals surface area contributed by atoms with Crippen molar-refractivity contribution in [1.29, 1.82) is 0 Å². The van der Waals surface area contributed by atoms with Gasteiger partial charge in [-0.25, -0.2) is 4.99 Å². The lowest BCUT2D eigenvalue weighted by Gasteiger charge is -2.14. The molecule has 30 heavy (non-hydrogen) atoms. The molecule has 156 valence electrons. The predicted octanol–water partition coefficient (Wildman–Crippen LogP) is 5.36. The topological polar surface area (TPSA) is 61.8 Å². The minimum absolute atomic E-state index is 0.0697. The Morgan fingerprint density at radius 3 is 2.70 bits per heavy atom. The Labute approximate surface area is 186 Å². The van der Waals surface area contributed by atoms with E-state index in [0.29, 0.717) is 22.4 Å². The first kappa shape index (κ1) is 22.1. The highest BCUT2D eigenvalue weighted by molar-refractivity contribution is 8.15. The van der Waals surface area contributed by atoms with Crippen LogP contribution in [0.5, 0.6) is 0 Å². The fraction of sp³-hybridized carbons (Fsp3) is 0.261. The van der Waals surface area contributed by atoms with Crippen LogP contribution < -0.4 is 5.32 Å². The normalized spacial score (nSPS) is 17.4. The zero-order valence-corrected chi connectivity index (χ0v) is 18.6. The average molecular weight is 442 g/mol. The minimum atomic E-state index is -0.530. The van der Waals surface area contributed by atoms with Crippen LogP contribution in [0.2, 0.25) is 5.02 Å². The number of nitrogens with zero attached hydrogens (tertiary/aromatic N) is 2. The number of aliphatic imine (C=N–C) groups is 1. The van der Waals surface area contributed by atoms with Gasteiger partial charge in [-0.2, -0.15) is 0 Å². The average Bonchev–Trinajstić information content (AvgIpc) is 3.01. The van der Waals surface area contributed by atoms with E-state index in [-0.39, 0.29) is 18.2 Å². The summed E-state index contributed by atoms with van der Waals surface area (Å²) in [6, 6.07) is 13.2. The Bertz CT molecular complexity index is 988. The quantitative estimate of drug-likeness (QED) is 0.588. The molecule has 7 heteroatoms. The highest BCUT2D eigenvalue weighted by atomic mass is 35.5. The molecule has 5 nitrogen and oxygen atoms in total. The van der Waals surface area contributed by atoms with E-state index < -0.39 is 5.25 Å². The largest absolute Gasteiger partial charge is 0.326 e. The van der Waals surface area contributed by atoms with Crippen molar-refractivity contribution in [3.05, 3.63) is 71.3 Å². The van der Waals surface area contributed by atoms with E-state index in [2.05, 4.69) is 23.8 Å². The number of amidine groups is 1. The maximum absolute atomic E-state index is 12.9. The summed E-state index contributed by atoms with van der Waals surface area (Å²) >= 11 is 7.49. The SMILES string of the molecule is C=CCN1C(=O)[C@H](CC(=O)Nc2ccc(CC)cc2)SC1=Nc1cccc(Cl)c1C. The summed E-state index contributed by atoms with van der Waals surface area (Å²) in [4.78, 5) is 31.6. The highest BCUT2D eigenvalue weighted by Crippen LogP contribution is 2.34. The van der Waals surface area contributed by atoms with Crippen molar-refractivity contribution in [3.8, 4) is 0 Å². The lowest BCUT2D eigenvalue weighted by atomic mass is 10.1. The number of hydrogen-bond donors (Lipinski definition) is 1. The maximum atomic E-state index is 12.9. The van der Waals surface area contributed by atoms with Crippen LogP contribution in [-0.2, 0) is 16.0 Å². The molecule has 1 heterocycles. The third kappa shape index (κ3) is 5.12. The third-order valence-electron chi connectivity index (χ3n) is 4.80. The molecule has 3 rings (SSSR count). The van der Waals surface area contributed by atoms with Crippen LogP contribution in [0.15, 0.2) is 60.1 Å². The van der Waals surface area contributed by atoms with Gasteiger partial charge in [-0.3, -0.25) is 14.5 Å². The fourth-order valence-corrected chi connectivity index (χ4v) is 4.38. The number of amides is 2. The van der Waals surface area contributed by atoms with Gasteiger partial charge in [0.2, 0.25) is 11.8 Å². The van der Waals surface area contributed by atoms with Crippen LogP contribution in [0.4, 0.5) is 11.4 Å². The number of hydrogen-bond acceptors (Lipinski definition) is 4. The van der Waals surface area contributed by atoms with Crippen molar-refractivity contribution in [2.24, 2.45) is 4.99 Å². The molecule has 1 fully saturated rings. The molecule has 1 atom stereocenters. The molecule has 0 saturated carbocycles. The second-order valence-corrected chi connectivity index (χ2v) is 8.50. The van der Waals surface area contributed by atoms with Crippen LogP contribution in [0.3, 0.4) is 0 Å². The monoisotopic (exact) mass is 441 g/mol. The molecule has 2 amide bonds. The van der Waals surface area contributed by atoms with Crippen LogP contribution in [0.1, 0.15) is 24.5 Å². The van der Waals surface area contributed by atoms with Crippen LogP contribution >= 0.6 is 23.4 Å². The molecule has 0 radical (unpaired) electrons. The molecule has 0 aromatic heterocycles. The molecule has 0 spiro atoms. The van der Waals surface area contributed by atoms with E-state index >= 15 is 0 Å². The molecule has 2 aromatic rings. The predicted molar refractivity (Wildman–Crippen MR) is 126 cm³/mol. The van der Waals surface area contributed by atoms with Crippen molar-refractivity contribution in [2.75, 3.05) is 11.9 Å². The van der Waals surface area contributed by atoms with Crippen molar-refractivity contribution in [3.63, 3.8) is 0 Å². The number of anilines is 1. The number of carbonyl (C=O) groups is 2. The van der Waals surface area contributed by atoms with Crippen LogP contribution in [0, 0.1) is 6.92 Å². The number of aryl methyl sites for hydroxylation is 1. The summed E-state index contributed by atoms with van der Waals surface area (Å²) in [6.07, 6.45) is 2.66. The van der Waals surface area contributed by atoms with Gasteiger partial charge in [-0.05, 0) is 48.7 Å². The number of nitrogens with one attached hydrogen (secondary N) is 1. The minimum Gasteiger partial charge on any atom is -0.326 e. The molecular weight excluding hydrogens is 418 g/mol. The molecule has 0 unspecified atom stereocenters. The summed E-state index contributed by atoms with van der Waals surface area (Å²) < 4.78 is 0. The van der Waals surface area contributed by atoms with E-state index in [0.717, 1.165) is 17.7 Å². The number of halogens is 1. The molecule has 2 aromatic carbocycles. The maximum Gasteiger partial charge on any atom is 0.242 e. The summed E-state index contributed by atoms with van der Waals surface area (Å²) in [6.45, 7) is 8.03. The van der Waals surface area contributed by atoms with E-state index in [9.17, 15) is 9.59 Å². The molecule has 0 aliphatic carbocycles. The van der Waals surface area contributed by atoms with Crippen molar-refractivity contribution >= 4 is 51.7 Å². The molecule has 1 aliphatic rings. The summed E-state index contributed by atoms with van der Waals surface area (Å²) in [5.41, 5.74) is 3.47. The standard InChI is InChI=1S/C23H24ClN3O2S/c1-4-13-27-22(29)20(14-21(28)25-17-11-9-16(5-2)10-12-17)30-23(27)26-19-8-6-7-18(24)15(19)3/h4,6-12,20H,1,5,13-14H2,2-3H3,(H,25,28)/t20-/m0/s1. The van der Waals surface area contributed by atoms with E-state index in [4.69, 9.17) is 11.6 Å². The number of rotatable bonds is 7. The van der Waals surface area contributed by atoms with Gasteiger partial charge in [0, 0.05) is 23.7 Å². The number of carbonyl (C=O) groups excluding carboxylic acids is 2. The van der Waals surface area contributed by atoms with E-state index in [1.165, 1.54) is 17.3 Å². The number of benzene rings is 2. The second-order valence-electron chi connectivity index (χ2n) is 6.93. The lowest BCUT2D eigenvalue weighted by molar-refractivity contribution is -0.127. The second kappa shape index (κ2) is 9.96. The first-order chi connectivity index (χ1) is 14.4. The molecule has 1 saturated heterocycles.